The average Bonchev–Trinajstić information content (AvgIpc) is 3.15. The monoisotopic (exact) mass is 364 g/mol. The summed E-state index contributed by atoms with van der Waals surface area (Å²) in [5.41, 5.74) is 2.57. The van der Waals surface area contributed by atoms with E-state index in [1.165, 1.54) is 0 Å². The van der Waals surface area contributed by atoms with Gasteiger partial charge in [-0.05, 0) is 60.5 Å². The van der Waals surface area contributed by atoms with Gasteiger partial charge < -0.3 is 10.2 Å². The van der Waals surface area contributed by atoms with E-state index in [1.807, 2.05) is 42.2 Å². The van der Waals surface area contributed by atoms with Gasteiger partial charge in [0.2, 0.25) is 0 Å². The summed E-state index contributed by atoms with van der Waals surface area (Å²) < 4.78 is 1.64. The lowest BCUT2D eigenvalue weighted by Gasteiger charge is -2.32. The first-order valence-corrected chi connectivity index (χ1v) is 8.88. The van der Waals surface area contributed by atoms with Gasteiger partial charge in [-0.25, -0.2) is 14.8 Å². The maximum Gasteiger partial charge on any atom is 0.321 e. The fourth-order valence-electron chi connectivity index (χ4n) is 3.30. The van der Waals surface area contributed by atoms with Crippen molar-refractivity contribution in [2.45, 2.75) is 25.7 Å². The van der Waals surface area contributed by atoms with Crippen molar-refractivity contribution >= 4 is 11.7 Å². The maximum absolute atomic E-state index is 12.7. The molecular formula is C18H20N8O. The Morgan fingerprint density at radius 2 is 2.07 bits per heavy atom. The van der Waals surface area contributed by atoms with Gasteiger partial charge in [0.15, 0.2) is 5.82 Å². The standard InChI is InChI=1S/C18H20N8O/c1-13-22-23-24-26(13)16-6-4-15(5-7-16)21-18(27)25-10-2-3-14(11-25)17-8-9-19-12-20-17/h4-9,12,14H,2-3,10-11H2,1H3,(H,21,27)/t14-/m1/s1. The van der Waals surface area contributed by atoms with E-state index in [1.54, 1.807) is 17.2 Å². The summed E-state index contributed by atoms with van der Waals surface area (Å²) in [5.74, 6) is 0.952. The SMILES string of the molecule is Cc1nnnn1-c1ccc(NC(=O)N2CCC[C@@H](c3ccncn3)C2)cc1. The topological polar surface area (TPSA) is 102 Å². The molecule has 1 aliphatic heterocycles. The molecule has 27 heavy (non-hydrogen) atoms. The molecule has 4 rings (SSSR count). The molecule has 1 aromatic carbocycles. The van der Waals surface area contributed by atoms with Gasteiger partial charge in [0.1, 0.15) is 6.33 Å². The smallest absolute Gasteiger partial charge is 0.321 e. The molecule has 1 N–H and O–H groups in total. The minimum absolute atomic E-state index is 0.0971. The zero-order valence-corrected chi connectivity index (χ0v) is 15.0. The predicted molar refractivity (Wildman–Crippen MR) is 98.5 cm³/mol. The summed E-state index contributed by atoms with van der Waals surface area (Å²) >= 11 is 0. The lowest BCUT2D eigenvalue weighted by Crippen LogP contribution is -2.41. The van der Waals surface area contributed by atoms with Gasteiger partial charge in [0.25, 0.3) is 0 Å². The lowest BCUT2D eigenvalue weighted by molar-refractivity contribution is 0.192. The van der Waals surface area contributed by atoms with Gasteiger partial charge in [0.05, 0.1) is 5.69 Å². The number of tetrazole rings is 1. The van der Waals surface area contributed by atoms with Crippen LogP contribution < -0.4 is 5.32 Å². The molecule has 9 heteroatoms. The van der Waals surface area contributed by atoms with Crippen LogP contribution in [0, 0.1) is 6.92 Å². The second-order valence-electron chi connectivity index (χ2n) is 6.53. The number of likely N-dealkylation sites (tertiary alicyclic amines) is 1. The number of piperidine rings is 1. The van der Waals surface area contributed by atoms with Gasteiger partial charge in [-0.2, -0.15) is 4.68 Å². The highest BCUT2D eigenvalue weighted by Crippen LogP contribution is 2.25. The zero-order chi connectivity index (χ0) is 18.6. The Morgan fingerprint density at radius 3 is 2.78 bits per heavy atom. The number of rotatable bonds is 3. The number of nitrogens with zero attached hydrogens (tertiary/aromatic N) is 7. The minimum Gasteiger partial charge on any atom is -0.324 e. The summed E-state index contributed by atoms with van der Waals surface area (Å²) in [6.45, 7) is 3.24. The van der Waals surface area contributed by atoms with E-state index in [0.717, 1.165) is 36.5 Å². The molecule has 1 saturated heterocycles. The first kappa shape index (κ1) is 17.1. The van der Waals surface area contributed by atoms with Crippen molar-refractivity contribution in [1.82, 2.24) is 35.1 Å². The molecule has 1 aliphatic rings. The van der Waals surface area contributed by atoms with Crippen LogP contribution in [0.2, 0.25) is 0 Å². The number of aromatic nitrogens is 6. The minimum atomic E-state index is -0.0971. The highest BCUT2D eigenvalue weighted by molar-refractivity contribution is 5.89. The highest BCUT2D eigenvalue weighted by Gasteiger charge is 2.25. The Hall–Kier alpha value is -3.36. The summed E-state index contributed by atoms with van der Waals surface area (Å²) in [6, 6.07) is 9.27. The molecule has 2 aromatic heterocycles. The van der Waals surface area contributed by atoms with Crippen molar-refractivity contribution in [3.63, 3.8) is 0 Å². The quantitative estimate of drug-likeness (QED) is 0.764. The Bertz CT molecular complexity index is 909. The van der Waals surface area contributed by atoms with E-state index in [4.69, 9.17) is 0 Å². The first-order valence-electron chi connectivity index (χ1n) is 8.88. The first-order chi connectivity index (χ1) is 13.2. The normalized spacial score (nSPS) is 16.9. The van der Waals surface area contributed by atoms with Gasteiger partial charge in [-0.1, -0.05) is 0 Å². The molecule has 138 valence electrons. The number of hydrogen-bond acceptors (Lipinski definition) is 6. The third kappa shape index (κ3) is 3.76. The number of urea groups is 1. The molecule has 1 fully saturated rings. The number of benzene rings is 1. The Balaban J connectivity index is 1.40. The summed E-state index contributed by atoms with van der Waals surface area (Å²) in [6.07, 6.45) is 5.29. The molecule has 0 aliphatic carbocycles. The molecule has 0 radical (unpaired) electrons. The van der Waals surface area contributed by atoms with Crippen LogP contribution in [0.1, 0.15) is 30.3 Å². The Labute approximate surface area is 156 Å². The fraction of sp³-hybridized carbons (Fsp3) is 0.333. The Kier molecular flexibility index (Phi) is 4.73. The fourth-order valence-corrected chi connectivity index (χ4v) is 3.30. The Morgan fingerprint density at radius 1 is 1.22 bits per heavy atom. The summed E-state index contributed by atoms with van der Waals surface area (Å²) in [5, 5.41) is 14.4. The molecule has 3 aromatic rings. The van der Waals surface area contributed by atoms with Gasteiger partial charge >= 0.3 is 6.03 Å². The highest BCUT2D eigenvalue weighted by atomic mass is 16.2. The van der Waals surface area contributed by atoms with Gasteiger partial charge in [0, 0.05) is 36.6 Å². The number of carbonyl (C=O) groups excluding carboxylic acids is 1. The van der Waals surface area contributed by atoms with Crippen LogP contribution in [0.3, 0.4) is 0 Å². The predicted octanol–water partition coefficient (Wildman–Crippen LogP) is 2.17. The van der Waals surface area contributed by atoms with E-state index >= 15 is 0 Å². The summed E-state index contributed by atoms with van der Waals surface area (Å²) in [4.78, 5) is 22.8. The number of aryl methyl sites for hydroxylation is 1. The maximum atomic E-state index is 12.7. The number of nitrogens with one attached hydrogen (secondary N) is 1. The van der Waals surface area contributed by atoms with Crippen LogP contribution in [0.5, 0.6) is 0 Å². The molecule has 0 bridgehead atoms. The molecule has 0 saturated carbocycles. The van der Waals surface area contributed by atoms with Crippen molar-refractivity contribution in [1.29, 1.82) is 0 Å². The second-order valence-corrected chi connectivity index (χ2v) is 6.53. The van der Waals surface area contributed by atoms with Crippen molar-refractivity contribution in [3.8, 4) is 5.69 Å². The summed E-state index contributed by atoms with van der Waals surface area (Å²) in [7, 11) is 0. The third-order valence-electron chi connectivity index (χ3n) is 4.72. The van der Waals surface area contributed by atoms with E-state index in [0.29, 0.717) is 12.4 Å². The molecule has 1 atom stereocenters. The number of carbonyl (C=O) groups is 1. The largest absolute Gasteiger partial charge is 0.324 e. The number of amides is 2. The van der Waals surface area contributed by atoms with Crippen molar-refractivity contribution in [2.75, 3.05) is 18.4 Å². The van der Waals surface area contributed by atoms with E-state index in [-0.39, 0.29) is 11.9 Å². The zero-order valence-electron chi connectivity index (χ0n) is 15.0. The van der Waals surface area contributed by atoms with Crippen LogP contribution in [0.15, 0.2) is 42.9 Å². The molecule has 2 amide bonds. The molecule has 0 spiro atoms. The van der Waals surface area contributed by atoms with Crippen LogP contribution in [-0.4, -0.2) is 54.2 Å². The average molecular weight is 364 g/mol. The van der Waals surface area contributed by atoms with E-state index in [2.05, 4.69) is 30.8 Å². The number of hydrogen-bond donors (Lipinski definition) is 1. The lowest BCUT2D eigenvalue weighted by atomic mass is 9.95. The van der Waals surface area contributed by atoms with Crippen LogP contribution in [0.4, 0.5) is 10.5 Å². The van der Waals surface area contributed by atoms with Crippen LogP contribution in [0.25, 0.3) is 5.69 Å². The second kappa shape index (κ2) is 7.48. The molecular weight excluding hydrogens is 344 g/mol. The van der Waals surface area contributed by atoms with Gasteiger partial charge in [-0.15, -0.1) is 5.10 Å². The van der Waals surface area contributed by atoms with Gasteiger partial charge in [-0.3, -0.25) is 0 Å². The van der Waals surface area contributed by atoms with E-state index in [9.17, 15) is 4.79 Å². The van der Waals surface area contributed by atoms with Crippen molar-refractivity contribution < 1.29 is 4.79 Å². The number of anilines is 1. The van der Waals surface area contributed by atoms with Crippen molar-refractivity contribution in [3.05, 3.63) is 54.4 Å². The molecule has 3 heterocycles. The van der Waals surface area contributed by atoms with Crippen molar-refractivity contribution in [2.24, 2.45) is 0 Å². The molecule has 0 unspecified atom stereocenters. The van der Waals surface area contributed by atoms with E-state index < -0.39 is 0 Å². The molecule has 9 nitrogen and oxygen atoms in total. The van der Waals surface area contributed by atoms with Crippen LogP contribution >= 0.6 is 0 Å². The third-order valence-corrected chi connectivity index (χ3v) is 4.72. The van der Waals surface area contributed by atoms with Crippen LogP contribution in [-0.2, 0) is 0 Å².